The van der Waals surface area contributed by atoms with Gasteiger partial charge in [-0.2, -0.15) is 0 Å². The fourth-order valence-electron chi connectivity index (χ4n) is 1.51. The van der Waals surface area contributed by atoms with Gasteiger partial charge in [0.05, 0.1) is 5.02 Å². The molecule has 18 heavy (non-hydrogen) atoms. The molecule has 1 aromatic rings. The molecule has 0 aromatic heterocycles. The summed E-state index contributed by atoms with van der Waals surface area (Å²) in [4.78, 5) is 13.5. The third kappa shape index (κ3) is 4.55. The third-order valence-electron chi connectivity index (χ3n) is 2.51. The van der Waals surface area contributed by atoms with Crippen LogP contribution < -0.4 is 4.74 Å². The second-order valence-corrected chi connectivity index (χ2v) is 4.18. The van der Waals surface area contributed by atoms with Gasteiger partial charge in [-0.1, -0.05) is 23.7 Å². The lowest BCUT2D eigenvalue weighted by atomic mass is 10.3. The average molecular weight is 272 g/mol. The minimum absolute atomic E-state index is 0.0387. The quantitative estimate of drug-likeness (QED) is 0.825. The molecule has 0 bridgehead atoms. The zero-order valence-corrected chi connectivity index (χ0v) is 11.2. The molecule has 0 saturated heterocycles. The number of rotatable bonds is 7. The molecule has 1 N–H and O–H groups in total. The van der Waals surface area contributed by atoms with E-state index in [4.69, 9.17) is 21.4 Å². The zero-order chi connectivity index (χ0) is 13.4. The van der Waals surface area contributed by atoms with Gasteiger partial charge in [-0.3, -0.25) is 4.79 Å². The average Bonchev–Trinajstić information content (AvgIpc) is 2.38. The molecular formula is C13H18ClNO3. The second kappa shape index (κ2) is 7.95. The maximum Gasteiger partial charge on any atom is 0.260 e. The van der Waals surface area contributed by atoms with Crippen LogP contribution in [0.4, 0.5) is 0 Å². The Kier molecular flexibility index (Phi) is 6.54. The maximum atomic E-state index is 11.8. The molecule has 4 nitrogen and oxygen atoms in total. The summed E-state index contributed by atoms with van der Waals surface area (Å²) in [5, 5.41) is 9.24. The number of carbonyl (C=O) groups excluding carboxylic acids is 1. The minimum Gasteiger partial charge on any atom is -0.482 e. The molecule has 100 valence electrons. The van der Waals surface area contributed by atoms with Crippen LogP contribution in [0.25, 0.3) is 0 Å². The van der Waals surface area contributed by atoms with Crippen LogP contribution >= 0.6 is 11.6 Å². The third-order valence-corrected chi connectivity index (χ3v) is 2.82. The van der Waals surface area contributed by atoms with Gasteiger partial charge in [0.1, 0.15) is 5.75 Å². The lowest BCUT2D eigenvalue weighted by molar-refractivity contribution is -0.133. The number of benzene rings is 1. The van der Waals surface area contributed by atoms with Crippen molar-refractivity contribution in [2.75, 3.05) is 26.3 Å². The predicted molar refractivity (Wildman–Crippen MR) is 70.9 cm³/mol. The molecule has 0 aliphatic rings. The van der Waals surface area contributed by atoms with Gasteiger partial charge in [-0.15, -0.1) is 0 Å². The summed E-state index contributed by atoms with van der Waals surface area (Å²) in [5.41, 5.74) is 0. The molecule has 0 unspecified atom stereocenters. The van der Waals surface area contributed by atoms with Crippen molar-refractivity contribution in [3.63, 3.8) is 0 Å². The molecule has 0 aliphatic carbocycles. The topological polar surface area (TPSA) is 49.8 Å². The molecule has 0 saturated carbocycles. The first kappa shape index (κ1) is 14.8. The van der Waals surface area contributed by atoms with E-state index in [1.54, 1.807) is 29.2 Å². The molecule has 0 atom stereocenters. The van der Waals surface area contributed by atoms with Crippen molar-refractivity contribution < 1.29 is 14.6 Å². The predicted octanol–water partition coefficient (Wildman–Crippen LogP) is 1.95. The molecule has 1 amide bonds. The Morgan fingerprint density at radius 3 is 2.78 bits per heavy atom. The van der Waals surface area contributed by atoms with Crippen molar-refractivity contribution in [3.8, 4) is 5.75 Å². The minimum atomic E-state index is -0.106. The van der Waals surface area contributed by atoms with Gasteiger partial charge in [0.15, 0.2) is 6.61 Å². The van der Waals surface area contributed by atoms with Gasteiger partial charge in [-0.05, 0) is 25.5 Å². The number of hydrogen-bond acceptors (Lipinski definition) is 3. The smallest absolute Gasteiger partial charge is 0.260 e. The number of nitrogens with zero attached hydrogens (tertiary/aromatic N) is 1. The number of para-hydroxylation sites is 1. The van der Waals surface area contributed by atoms with Gasteiger partial charge < -0.3 is 14.7 Å². The molecule has 0 heterocycles. The van der Waals surface area contributed by atoms with E-state index in [2.05, 4.69) is 0 Å². The SMILES string of the molecule is CCN(CCCO)C(=O)COc1ccccc1Cl. The highest BCUT2D eigenvalue weighted by molar-refractivity contribution is 6.32. The van der Waals surface area contributed by atoms with Crippen LogP contribution in [0.3, 0.4) is 0 Å². The monoisotopic (exact) mass is 271 g/mol. The van der Waals surface area contributed by atoms with Crippen molar-refractivity contribution in [1.82, 2.24) is 4.90 Å². The van der Waals surface area contributed by atoms with Gasteiger partial charge in [0, 0.05) is 19.7 Å². The number of likely N-dealkylation sites (N-methyl/N-ethyl adjacent to an activating group) is 1. The van der Waals surface area contributed by atoms with Crippen LogP contribution in [0.5, 0.6) is 5.75 Å². The van der Waals surface area contributed by atoms with Crippen molar-refractivity contribution in [2.24, 2.45) is 0 Å². The van der Waals surface area contributed by atoms with E-state index >= 15 is 0 Å². The molecular weight excluding hydrogens is 254 g/mol. The summed E-state index contributed by atoms with van der Waals surface area (Å²) in [5.74, 6) is 0.400. The number of ether oxygens (including phenoxy) is 1. The van der Waals surface area contributed by atoms with E-state index in [1.807, 2.05) is 6.92 Å². The number of amides is 1. The van der Waals surface area contributed by atoms with E-state index in [-0.39, 0.29) is 19.1 Å². The number of halogens is 1. The number of hydrogen-bond donors (Lipinski definition) is 1. The Morgan fingerprint density at radius 1 is 1.44 bits per heavy atom. The number of aliphatic hydroxyl groups excluding tert-OH is 1. The van der Waals surface area contributed by atoms with Crippen LogP contribution in [0.1, 0.15) is 13.3 Å². The first-order chi connectivity index (χ1) is 8.69. The Balaban J connectivity index is 2.47. The fraction of sp³-hybridized carbons (Fsp3) is 0.462. The summed E-state index contributed by atoms with van der Waals surface area (Å²) >= 11 is 5.92. The van der Waals surface area contributed by atoms with Crippen molar-refractivity contribution in [3.05, 3.63) is 29.3 Å². The summed E-state index contributed by atoms with van der Waals surface area (Å²) < 4.78 is 5.38. The summed E-state index contributed by atoms with van der Waals surface area (Å²) in [6.45, 7) is 3.07. The lowest BCUT2D eigenvalue weighted by Gasteiger charge is -2.20. The van der Waals surface area contributed by atoms with Crippen LogP contribution in [-0.2, 0) is 4.79 Å². The van der Waals surface area contributed by atoms with E-state index in [9.17, 15) is 4.79 Å². The van der Waals surface area contributed by atoms with Crippen molar-refractivity contribution in [1.29, 1.82) is 0 Å². The Hall–Kier alpha value is -1.26. The van der Waals surface area contributed by atoms with Crippen LogP contribution in [-0.4, -0.2) is 42.2 Å². The highest BCUT2D eigenvalue weighted by Gasteiger charge is 2.12. The Morgan fingerprint density at radius 2 is 2.17 bits per heavy atom. The van der Waals surface area contributed by atoms with E-state index in [0.29, 0.717) is 30.3 Å². The van der Waals surface area contributed by atoms with Crippen molar-refractivity contribution in [2.45, 2.75) is 13.3 Å². The standard InChI is InChI=1S/C13H18ClNO3/c1-2-15(8-5-9-16)13(17)10-18-12-7-4-3-6-11(12)14/h3-4,6-7,16H,2,5,8-10H2,1H3. The van der Waals surface area contributed by atoms with Crippen molar-refractivity contribution >= 4 is 17.5 Å². The van der Waals surface area contributed by atoms with Gasteiger partial charge in [0.25, 0.3) is 5.91 Å². The molecule has 0 aliphatic heterocycles. The first-order valence-electron chi connectivity index (χ1n) is 5.95. The molecule has 1 aromatic carbocycles. The summed E-state index contributed by atoms with van der Waals surface area (Å²) in [6.07, 6.45) is 0.575. The van der Waals surface area contributed by atoms with E-state index in [1.165, 1.54) is 0 Å². The van der Waals surface area contributed by atoms with Gasteiger partial charge >= 0.3 is 0 Å². The van der Waals surface area contributed by atoms with E-state index < -0.39 is 0 Å². The van der Waals surface area contributed by atoms with Crippen LogP contribution in [0.15, 0.2) is 24.3 Å². The number of carbonyl (C=O) groups is 1. The lowest BCUT2D eigenvalue weighted by Crippen LogP contribution is -2.35. The zero-order valence-electron chi connectivity index (χ0n) is 10.4. The largest absolute Gasteiger partial charge is 0.482 e. The normalized spacial score (nSPS) is 10.2. The van der Waals surface area contributed by atoms with E-state index in [0.717, 1.165) is 0 Å². The van der Waals surface area contributed by atoms with Crippen LogP contribution in [0.2, 0.25) is 5.02 Å². The Bertz CT molecular complexity index is 384. The molecule has 1 rings (SSSR count). The second-order valence-electron chi connectivity index (χ2n) is 3.77. The van der Waals surface area contributed by atoms with Gasteiger partial charge in [-0.25, -0.2) is 0 Å². The Labute approximate surface area is 112 Å². The summed E-state index contributed by atoms with van der Waals surface area (Å²) in [7, 11) is 0. The highest BCUT2D eigenvalue weighted by atomic mass is 35.5. The fourth-order valence-corrected chi connectivity index (χ4v) is 1.70. The number of aliphatic hydroxyl groups is 1. The molecule has 0 spiro atoms. The maximum absolute atomic E-state index is 11.8. The van der Waals surface area contributed by atoms with Gasteiger partial charge in [0.2, 0.25) is 0 Å². The highest BCUT2D eigenvalue weighted by Crippen LogP contribution is 2.22. The molecule has 0 radical (unpaired) electrons. The summed E-state index contributed by atoms with van der Waals surface area (Å²) in [6, 6.07) is 7.04. The van der Waals surface area contributed by atoms with Crippen LogP contribution in [0, 0.1) is 0 Å². The molecule has 5 heteroatoms. The molecule has 0 fully saturated rings. The first-order valence-corrected chi connectivity index (χ1v) is 6.32.